The van der Waals surface area contributed by atoms with Crippen molar-refractivity contribution in [2.75, 3.05) is 13.1 Å². The number of benzene rings is 1. The molecule has 2 fully saturated rings. The Morgan fingerprint density at radius 3 is 2.25 bits per heavy atom. The van der Waals surface area contributed by atoms with Gasteiger partial charge in [0.15, 0.2) is 5.96 Å². The van der Waals surface area contributed by atoms with Crippen molar-refractivity contribution in [2.45, 2.75) is 109 Å². The molecule has 19 nitrogen and oxygen atoms in total. The van der Waals surface area contributed by atoms with Gasteiger partial charge in [-0.05, 0) is 42.7 Å². The van der Waals surface area contributed by atoms with Crippen LogP contribution in [0.1, 0.15) is 65.4 Å². The van der Waals surface area contributed by atoms with Crippen molar-refractivity contribution in [3.05, 3.63) is 36.0 Å². The second-order valence-electron chi connectivity index (χ2n) is 15.1. The smallest absolute Gasteiger partial charge is 0.323 e. The van der Waals surface area contributed by atoms with Crippen LogP contribution in [-0.4, -0.2) is 118 Å². The fraction of sp³-hybridized carbons (Fsp3) is 0.568. The molecule has 56 heavy (non-hydrogen) atoms. The maximum absolute atomic E-state index is 14.3. The molecule has 0 aliphatic carbocycles. The Morgan fingerprint density at radius 1 is 0.929 bits per heavy atom. The molecule has 306 valence electrons. The number of ether oxygens (including phenoxy) is 1. The van der Waals surface area contributed by atoms with Crippen LogP contribution >= 0.6 is 0 Å². The maximum Gasteiger partial charge on any atom is 0.323 e. The fourth-order valence-corrected chi connectivity index (χ4v) is 6.86. The zero-order chi connectivity index (χ0) is 41.3. The van der Waals surface area contributed by atoms with Crippen LogP contribution < -0.4 is 38.5 Å². The van der Waals surface area contributed by atoms with Crippen molar-refractivity contribution >= 4 is 58.3 Å². The highest BCUT2D eigenvalue weighted by atomic mass is 16.5. The first-order chi connectivity index (χ1) is 26.4. The van der Waals surface area contributed by atoms with Gasteiger partial charge < -0.3 is 58.2 Å². The van der Waals surface area contributed by atoms with Gasteiger partial charge in [0.25, 0.3) is 0 Å². The van der Waals surface area contributed by atoms with E-state index < -0.39 is 96.2 Å². The van der Waals surface area contributed by atoms with E-state index in [-0.39, 0.29) is 50.7 Å². The summed E-state index contributed by atoms with van der Waals surface area (Å²) in [7, 11) is 0. The molecule has 2 aliphatic heterocycles. The van der Waals surface area contributed by atoms with Gasteiger partial charge in [0, 0.05) is 36.5 Å². The molecular formula is C37H54N10O9. The number of aromatic amines is 1. The van der Waals surface area contributed by atoms with Crippen LogP contribution in [-0.2, 0) is 44.7 Å². The number of hydrogen-bond donors (Lipinski definition) is 9. The summed E-state index contributed by atoms with van der Waals surface area (Å²) in [5, 5.41) is 21.3. The summed E-state index contributed by atoms with van der Waals surface area (Å²) < 4.78 is 5.64. The quantitative estimate of drug-likeness (QED) is 0.0498. The molecule has 5 amide bonds. The van der Waals surface area contributed by atoms with Crippen LogP contribution in [0.25, 0.3) is 10.9 Å². The van der Waals surface area contributed by atoms with Crippen LogP contribution in [0.4, 0.5) is 0 Å². The van der Waals surface area contributed by atoms with Crippen LogP contribution in [0.5, 0.6) is 0 Å². The molecule has 0 spiro atoms. The first kappa shape index (κ1) is 43.0. The minimum absolute atomic E-state index is 0.0663. The van der Waals surface area contributed by atoms with Crippen molar-refractivity contribution in [1.29, 1.82) is 0 Å². The third kappa shape index (κ3) is 11.4. The first-order valence-electron chi connectivity index (χ1n) is 18.7. The second kappa shape index (κ2) is 19.2. The van der Waals surface area contributed by atoms with Crippen molar-refractivity contribution in [2.24, 2.45) is 34.0 Å². The largest absolute Gasteiger partial charge is 0.481 e. The number of nitrogens with one attached hydrogen (secondary N) is 5. The highest BCUT2D eigenvalue weighted by molar-refractivity contribution is 5.99. The number of amides is 5. The number of fused-ring (bicyclic) bond motifs is 2. The average molecular weight is 783 g/mol. The number of aliphatic carboxylic acids is 1. The number of carbonyl (C=O) groups is 7. The van der Waals surface area contributed by atoms with E-state index in [0.29, 0.717) is 12.0 Å². The Kier molecular flexibility index (Phi) is 14.8. The highest BCUT2D eigenvalue weighted by Crippen LogP contribution is 2.25. The summed E-state index contributed by atoms with van der Waals surface area (Å²) in [6.45, 7) is 6.97. The number of nitrogens with zero attached hydrogens (tertiary/aromatic N) is 2. The van der Waals surface area contributed by atoms with E-state index in [1.165, 1.54) is 0 Å². The predicted molar refractivity (Wildman–Crippen MR) is 204 cm³/mol. The SMILES string of the molecule is CC(C)C[C@@H]1NC(=O)[C@@H](C(C)C)NC(=O)[C@@H]2C[C@H](OC(=O)C(N)CCCN=C(N)N)CN2C(=O)[C@H](CC(=O)O)NC(=O)[C@@H](Cc2c[nH]c3ccccc23)NC1=O. The number of rotatable bonds is 13. The topological polar surface area (TPSA) is 307 Å². The minimum atomic E-state index is -1.71. The number of para-hydroxylation sites is 1. The molecule has 3 heterocycles. The number of aliphatic imine (C=N–C) groups is 1. The van der Waals surface area contributed by atoms with Gasteiger partial charge in [-0.2, -0.15) is 0 Å². The van der Waals surface area contributed by atoms with Gasteiger partial charge in [-0.15, -0.1) is 0 Å². The zero-order valence-corrected chi connectivity index (χ0v) is 32.1. The van der Waals surface area contributed by atoms with E-state index in [0.717, 1.165) is 15.8 Å². The molecule has 12 N–H and O–H groups in total. The Hall–Kier alpha value is -5.72. The van der Waals surface area contributed by atoms with Gasteiger partial charge in [-0.3, -0.25) is 38.6 Å². The van der Waals surface area contributed by atoms with Crippen LogP contribution in [0, 0.1) is 11.8 Å². The summed E-state index contributed by atoms with van der Waals surface area (Å²) in [6, 6.07) is -0.466. The Morgan fingerprint density at radius 2 is 1.59 bits per heavy atom. The Bertz CT molecular complexity index is 1810. The Balaban J connectivity index is 1.72. The van der Waals surface area contributed by atoms with Gasteiger partial charge in [0.1, 0.15) is 42.4 Å². The molecule has 4 rings (SSSR count). The average Bonchev–Trinajstić information content (AvgIpc) is 3.74. The van der Waals surface area contributed by atoms with Gasteiger partial charge in [-0.1, -0.05) is 45.9 Å². The van der Waals surface area contributed by atoms with Crippen LogP contribution in [0.3, 0.4) is 0 Å². The lowest BCUT2D eigenvalue weighted by molar-refractivity contribution is -0.151. The molecule has 19 heteroatoms. The molecule has 2 aromatic rings. The molecule has 0 saturated carbocycles. The number of nitrogens with two attached hydrogens (primary N) is 3. The third-order valence-electron chi connectivity index (χ3n) is 9.71. The number of carboxylic acid groups (broad SMARTS) is 1. The maximum atomic E-state index is 14.3. The standard InChI is InChI=1S/C37H54N10O9/c1-18(2)12-25-31(50)43-26(13-20-16-42-24-10-6-5-8-22(20)24)32(51)45-27(15-29(48)49)35(54)47-17-21(56-36(55)23(38)9-7-11-41-37(39)40)14-28(47)33(52)46-30(19(3)4)34(53)44-25/h5-6,8,10,16,18-19,21,23,25-28,30,42H,7,9,11-15,17,38H2,1-4H3,(H,43,50)(H,44,53)(H,45,51)(H,46,52)(H,48,49)(H4,39,40,41)/t21-,23?,25-,26+,27-,28-,30+/m0/s1. The fourth-order valence-electron chi connectivity index (χ4n) is 6.86. The molecule has 1 unspecified atom stereocenters. The van der Waals surface area contributed by atoms with Crippen molar-refractivity contribution in [3.8, 4) is 0 Å². The van der Waals surface area contributed by atoms with Gasteiger partial charge in [0.05, 0.1) is 13.0 Å². The molecule has 0 bridgehead atoms. The monoisotopic (exact) mass is 782 g/mol. The molecule has 1 aromatic heterocycles. The number of hydrogen-bond acceptors (Lipinski definition) is 10. The van der Waals surface area contributed by atoms with Crippen LogP contribution in [0.2, 0.25) is 0 Å². The predicted octanol–water partition coefficient (Wildman–Crippen LogP) is -1.27. The summed E-state index contributed by atoms with van der Waals surface area (Å²) in [5.41, 5.74) is 18.2. The number of H-pyrrole nitrogens is 1. The molecule has 1 aromatic carbocycles. The van der Waals surface area contributed by atoms with Crippen LogP contribution in [0.15, 0.2) is 35.5 Å². The van der Waals surface area contributed by atoms with E-state index >= 15 is 0 Å². The molecule has 0 radical (unpaired) electrons. The van der Waals surface area contributed by atoms with Crippen molar-refractivity contribution in [1.82, 2.24) is 31.2 Å². The molecule has 2 aliphatic rings. The second-order valence-corrected chi connectivity index (χ2v) is 15.1. The summed E-state index contributed by atoms with van der Waals surface area (Å²) >= 11 is 0. The minimum Gasteiger partial charge on any atom is -0.481 e. The number of guanidine groups is 1. The van der Waals surface area contributed by atoms with E-state index in [9.17, 15) is 38.7 Å². The van der Waals surface area contributed by atoms with Gasteiger partial charge >= 0.3 is 11.9 Å². The highest BCUT2D eigenvalue weighted by Gasteiger charge is 2.46. The Labute approximate surface area is 324 Å². The van der Waals surface area contributed by atoms with E-state index in [4.69, 9.17) is 21.9 Å². The summed E-state index contributed by atoms with van der Waals surface area (Å²) in [5.74, 6) is -6.89. The lowest BCUT2D eigenvalue weighted by Gasteiger charge is -2.30. The lowest BCUT2D eigenvalue weighted by atomic mass is 9.98. The van der Waals surface area contributed by atoms with E-state index in [1.54, 1.807) is 20.0 Å². The summed E-state index contributed by atoms with van der Waals surface area (Å²) in [4.78, 5) is 103. The normalized spacial score (nSPS) is 24.3. The number of aromatic nitrogens is 1. The zero-order valence-electron chi connectivity index (χ0n) is 32.1. The number of carboxylic acids is 1. The van der Waals surface area contributed by atoms with E-state index in [2.05, 4.69) is 31.2 Å². The third-order valence-corrected chi connectivity index (χ3v) is 9.71. The first-order valence-corrected chi connectivity index (χ1v) is 18.7. The molecule has 7 atom stereocenters. The summed E-state index contributed by atoms with van der Waals surface area (Å²) in [6.07, 6.45) is 0.179. The van der Waals surface area contributed by atoms with E-state index in [1.807, 2.05) is 38.1 Å². The van der Waals surface area contributed by atoms with Gasteiger partial charge in [-0.25, -0.2) is 0 Å². The van der Waals surface area contributed by atoms with Gasteiger partial charge in [0.2, 0.25) is 29.5 Å². The lowest BCUT2D eigenvalue weighted by Crippen LogP contribution is -2.59. The van der Waals surface area contributed by atoms with Crippen molar-refractivity contribution in [3.63, 3.8) is 0 Å². The number of esters is 1. The molecular weight excluding hydrogens is 728 g/mol. The number of carbonyl (C=O) groups excluding carboxylic acids is 6. The molecule has 2 saturated heterocycles. The van der Waals surface area contributed by atoms with Crippen molar-refractivity contribution < 1.29 is 43.4 Å².